The van der Waals surface area contributed by atoms with E-state index in [-0.39, 0.29) is 0 Å². The molecule has 2 aromatic rings. The minimum Gasteiger partial charge on any atom is -0.312 e. The maximum atomic E-state index is 4.89. The van der Waals surface area contributed by atoms with Gasteiger partial charge in [-0.15, -0.1) is 11.3 Å². The maximum absolute atomic E-state index is 4.89. The molecule has 4 rings (SSSR count). The number of aromatic nitrogens is 1. The molecule has 1 aromatic heterocycles. The average molecular weight is 284 g/mol. The first-order valence-electron chi connectivity index (χ1n) is 7.62. The highest BCUT2D eigenvalue weighted by Crippen LogP contribution is 2.41. The first-order valence-corrected chi connectivity index (χ1v) is 8.44. The highest BCUT2D eigenvalue weighted by atomic mass is 32.1. The zero-order valence-electron chi connectivity index (χ0n) is 11.9. The predicted molar refractivity (Wildman–Crippen MR) is 84.3 cm³/mol. The molecule has 1 heterocycles. The summed E-state index contributed by atoms with van der Waals surface area (Å²) in [5, 5.41) is 4.62. The molecule has 1 atom stereocenters. The summed E-state index contributed by atoms with van der Waals surface area (Å²) >= 11 is 1.88. The Morgan fingerprint density at radius 2 is 1.95 bits per heavy atom. The Hall–Kier alpha value is -1.19. The van der Waals surface area contributed by atoms with Gasteiger partial charge in [0, 0.05) is 16.5 Å². The number of hydrogen-bond acceptors (Lipinski definition) is 3. The van der Waals surface area contributed by atoms with Gasteiger partial charge in [0.1, 0.15) is 5.01 Å². The number of thiazole rings is 1. The lowest BCUT2D eigenvalue weighted by Crippen LogP contribution is -2.19. The van der Waals surface area contributed by atoms with Crippen molar-refractivity contribution in [1.29, 1.82) is 0 Å². The summed E-state index contributed by atoms with van der Waals surface area (Å²) in [6.07, 6.45) is 6.38. The monoisotopic (exact) mass is 284 g/mol. The smallest absolute Gasteiger partial charge is 0.123 e. The SMILES string of the molecule is CNC1CCCc2nc(-c3ccc(C4CC4)cc3)sc21. The molecule has 0 aliphatic heterocycles. The van der Waals surface area contributed by atoms with Gasteiger partial charge in [0.05, 0.1) is 5.69 Å². The van der Waals surface area contributed by atoms with E-state index >= 15 is 0 Å². The van der Waals surface area contributed by atoms with Gasteiger partial charge in [-0.25, -0.2) is 4.98 Å². The highest BCUT2D eigenvalue weighted by Gasteiger charge is 2.25. The minimum atomic E-state index is 0.510. The summed E-state index contributed by atoms with van der Waals surface area (Å²) < 4.78 is 0. The van der Waals surface area contributed by atoms with E-state index in [0.717, 1.165) is 12.3 Å². The molecule has 1 aromatic carbocycles. The third kappa shape index (κ3) is 2.19. The second-order valence-corrected chi connectivity index (χ2v) is 6.99. The number of nitrogens with one attached hydrogen (secondary N) is 1. The first kappa shape index (κ1) is 12.5. The van der Waals surface area contributed by atoms with Crippen LogP contribution < -0.4 is 5.32 Å². The van der Waals surface area contributed by atoms with E-state index in [1.54, 1.807) is 0 Å². The van der Waals surface area contributed by atoms with E-state index in [4.69, 9.17) is 4.98 Å². The topological polar surface area (TPSA) is 24.9 Å². The lowest BCUT2D eigenvalue weighted by atomic mass is 9.98. The Kier molecular flexibility index (Phi) is 3.12. The summed E-state index contributed by atoms with van der Waals surface area (Å²) in [7, 11) is 2.06. The molecule has 0 radical (unpaired) electrons. The molecular weight excluding hydrogens is 264 g/mol. The van der Waals surface area contributed by atoms with Crippen LogP contribution in [0.15, 0.2) is 24.3 Å². The quantitative estimate of drug-likeness (QED) is 0.909. The van der Waals surface area contributed by atoms with Crippen molar-refractivity contribution < 1.29 is 0 Å². The molecule has 2 aliphatic carbocycles. The van der Waals surface area contributed by atoms with Crippen LogP contribution in [-0.4, -0.2) is 12.0 Å². The van der Waals surface area contributed by atoms with Gasteiger partial charge in [-0.05, 0) is 50.6 Å². The van der Waals surface area contributed by atoms with E-state index in [1.165, 1.54) is 52.4 Å². The fourth-order valence-electron chi connectivity index (χ4n) is 3.13. The lowest BCUT2D eigenvalue weighted by Gasteiger charge is -2.19. The van der Waals surface area contributed by atoms with Crippen molar-refractivity contribution in [2.45, 2.75) is 44.1 Å². The number of fused-ring (bicyclic) bond motifs is 1. The second kappa shape index (κ2) is 4.97. The molecule has 1 fully saturated rings. The summed E-state index contributed by atoms with van der Waals surface area (Å²) in [6, 6.07) is 9.61. The molecular formula is C17H20N2S. The fraction of sp³-hybridized carbons (Fsp3) is 0.471. The Balaban J connectivity index is 1.66. The van der Waals surface area contributed by atoms with Gasteiger partial charge in [-0.3, -0.25) is 0 Å². The van der Waals surface area contributed by atoms with Crippen LogP contribution in [0.1, 0.15) is 53.8 Å². The Morgan fingerprint density at radius 1 is 1.15 bits per heavy atom. The van der Waals surface area contributed by atoms with Crippen molar-refractivity contribution in [2.75, 3.05) is 7.05 Å². The van der Waals surface area contributed by atoms with E-state index in [1.807, 2.05) is 11.3 Å². The van der Waals surface area contributed by atoms with Crippen LogP contribution in [0.3, 0.4) is 0 Å². The van der Waals surface area contributed by atoms with Crippen molar-refractivity contribution in [2.24, 2.45) is 0 Å². The molecule has 2 nitrogen and oxygen atoms in total. The summed E-state index contributed by atoms with van der Waals surface area (Å²) in [5.74, 6) is 0.835. The Bertz CT molecular complexity index is 610. The normalized spacial score (nSPS) is 21.8. The fourth-order valence-corrected chi connectivity index (χ4v) is 4.39. The number of benzene rings is 1. The van der Waals surface area contributed by atoms with Gasteiger partial charge in [0.25, 0.3) is 0 Å². The standard InChI is InChI=1S/C17H20N2S/c1-18-14-3-2-4-15-16(14)20-17(19-15)13-9-7-12(8-10-13)11-5-6-11/h7-11,14,18H,2-6H2,1H3. The van der Waals surface area contributed by atoms with Gasteiger partial charge >= 0.3 is 0 Å². The van der Waals surface area contributed by atoms with Gasteiger partial charge in [-0.2, -0.15) is 0 Å². The molecule has 0 bridgehead atoms. The summed E-state index contributed by atoms with van der Waals surface area (Å²) in [4.78, 5) is 6.35. The summed E-state index contributed by atoms with van der Waals surface area (Å²) in [5.41, 5.74) is 4.11. The van der Waals surface area contributed by atoms with Crippen molar-refractivity contribution in [3.05, 3.63) is 40.4 Å². The van der Waals surface area contributed by atoms with Crippen molar-refractivity contribution >= 4 is 11.3 Å². The van der Waals surface area contributed by atoms with Crippen molar-refractivity contribution in [3.8, 4) is 10.6 Å². The van der Waals surface area contributed by atoms with Crippen LogP contribution in [0.2, 0.25) is 0 Å². The third-order valence-corrected chi connectivity index (χ3v) is 5.77. The zero-order valence-corrected chi connectivity index (χ0v) is 12.7. The van der Waals surface area contributed by atoms with E-state index in [9.17, 15) is 0 Å². The molecule has 1 unspecified atom stereocenters. The third-order valence-electron chi connectivity index (χ3n) is 4.51. The molecule has 0 saturated heterocycles. The van der Waals surface area contributed by atoms with Gasteiger partial charge < -0.3 is 5.32 Å². The average Bonchev–Trinajstić information content (AvgIpc) is 3.25. The molecule has 0 amide bonds. The molecule has 2 aliphatic rings. The number of aryl methyl sites for hydroxylation is 1. The van der Waals surface area contributed by atoms with Crippen LogP contribution in [0.5, 0.6) is 0 Å². The predicted octanol–water partition coefficient (Wildman–Crippen LogP) is 4.28. The van der Waals surface area contributed by atoms with E-state index in [0.29, 0.717) is 6.04 Å². The van der Waals surface area contributed by atoms with Crippen LogP contribution in [0.4, 0.5) is 0 Å². The highest BCUT2D eigenvalue weighted by molar-refractivity contribution is 7.15. The number of hydrogen-bond donors (Lipinski definition) is 1. The van der Waals surface area contributed by atoms with Gasteiger partial charge in [0.2, 0.25) is 0 Å². The molecule has 0 spiro atoms. The van der Waals surface area contributed by atoms with Crippen molar-refractivity contribution in [3.63, 3.8) is 0 Å². The van der Waals surface area contributed by atoms with Crippen LogP contribution in [-0.2, 0) is 6.42 Å². The van der Waals surface area contributed by atoms with Crippen molar-refractivity contribution in [1.82, 2.24) is 10.3 Å². The van der Waals surface area contributed by atoms with Gasteiger partial charge in [0.15, 0.2) is 0 Å². The number of rotatable bonds is 3. The molecule has 3 heteroatoms. The molecule has 1 N–H and O–H groups in total. The van der Waals surface area contributed by atoms with E-state index in [2.05, 4.69) is 36.6 Å². The van der Waals surface area contributed by atoms with Gasteiger partial charge in [-0.1, -0.05) is 24.3 Å². The van der Waals surface area contributed by atoms with E-state index < -0.39 is 0 Å². The Labute approximate surface area is 124 Å². The largest absolute Gasteiger partial charge is 0.312 e. The molecule has 104 valence electrons. The number of nitrogens with zero attached hydrogens (tertiary/aromatic N) is 1. The van der Waals surface area contributed by atoms with Crippen LogP contribution in [0, 0.1) is 0 Å². The van der Waals surface area contributed by atoms with Crippen LogP contribution in [0.25, 0.3) is 10.6 Å². The molecule has 1 saturated carbocycles. The second-order valence-electron chi connectivity index (χ2n) is 5.96. The molecule has 20 heavy (non-hydrogen) atoms. The first-order chi connectivity index (χ1) is 9.85. The lowest BCUT2D eigenvalue weighted by molar-refractivity contribution is 0.501. The summed E-state index contributed by atoms with van der Waals surface area (Å²) in [6.45, 7) is 0. The minimum absolute atomic E-state index is 0.510. The Morgan fingerprint density at radius 3 is 2.65 bits per heavy atom. The zero-order chi connectivity index (χ0) is 13.5. The maximum Gasteiger partial charge on any atom is 0.123 e. The van der Waals surface area contributed by atoms with Crippen LogP contribution >= 0.6 is 11.3 Å².